The van der Waals surface area contributed by atoms with Crippen molar-refractivity contribution in [1.29, 1.82) is 0 Å². The van der Waals surface area contributed by atoms with Gasteiger partial charge in [-0.25, -0.2) is 0 Å². The molecular formula is C19H40N2. The first-order valence-corrected chi connectivity index (χ1v) is 9.38. The summed E-state index contributed by atoms with van der Waals surface area (Å²) >= 11 is 0. The maximum absolute atomic E-state index is 6.34. The second kappa shape index (κ2) is 9.15. The van der Waals surface area contributed by atoms with Gasteiger partial charge in [0.2, 0.25) is 0 Å². The zero-order chi connectivity index (χ0) is 15.9. The summed E-state index contributed by atoms with van der Waals surface area (Å²) in [5.74, 6) is 2.40. The molecule has 0 aromatic carbocycles. The third kappa shape index (κ3) is 5.90. The van der Waals surface area contributed by atoms with Crippen LogP contribution in [0.5, 0.6) is 0 Å². The Morgan fingerprint density at radius 1 is 1.05 bits per heavy atom. The molecule has 1 saturated heterocycles. The van der Waals surface area contributed by atoms with E-state index in [2.05, 4.69) is 39.5 Å². The summed E-state index contributed by atoms with van der Waals surface area (Å²) in [7, 11) is 0. The fraction of sp³-hybridized carbons (Fsp3) is 1.00. The smallest absolute Gasteiger partial charge is 0.0336 e. The van der Waals surface area contributed by atoms with Crippen LogP contribution in [0.2, 0.25) is 0 Å². The van der Waals surface area contributed by atoms with Gasteiger partial charge in [-0.1, -0.05) is 47.5 Å². The van der Waals surface area contributed by atoms with E-state index in [0.717, 1.165) is 24.3 Å². The van der Waals surface area contributed by atoms with Crippen LogP contribution in [0.15, 0.2) is 0 Å². The van der Waals surface area contributed by atoms with Gasteiger partial charge < -0.3 is 5.73 Å². The van der Waals surface area contributed by atoms with E-state index >= 15 is 0 Å². The minimum atomic E-state index is 0.240. The van der Waals surface area contributed by atoms with E-state index in [1.165, 1.54) is 58.0 Å². The van der Waals surface area contributed by atoms with E-state index < -0.39 is 0 Å². The molecule has 0 spiro atoms. The molecule has 0 radical (unpaired) electrons. The number of rotatable bonds is 8. The fourth-order valence-electron chi connectivity index (χ4n) is 4.49. The largest absolute Gasteiger partial charge is 0.329 e. The molecular weight excluding hydrogens is 256 g/mol. The van der Waals surface area contributed by atoms with Crippen LogP contribution < -0.4 is 5.73 Å². The maximum Gasteiger partial charge on any atom is 0.0336 e. The lowest BCUT2D eigenvalue weighted by atomic mass is 9.80. The minimum absolute atomic E-state index is 0.240. The third-order valence-electron chi connectivity index (χ3n) is 5.17. The van der Waals surface area contributed by atoms with Gasteiger partial charge in [0.05, 0.1) is 0 Å². The summed E-state index contributed by atoms with van der Waals surface area (Å²) in [6.07, 6.45) is 9.42. The average Bonchev–Trinajstić information content (AvgIpc) is 2.63. The van der Waals surface area contributed by atoms with Crippen molar-refractivity contribution in [3.8, 4) is 0 Å². The number of hydrogen-bond donors (Lipinski definition) is 1. The van der Waals surface area contributed by atoms with Crippen LogP contribution >= 0.6 is 0 Å². The van der Waals surface area contributed by atoms with E-state index in [-0.39, 0.29) is 5.54 Å². The molecule has 0 aliphatic carbocycles. The zero-order valence-electron chi connectivity index (χ0n) is 15.3. The van der Waals surface area contributed by atoms with Gasteiger partial charge >= 0.3 is 0 Å². The molecule has 1 aliphatic rings. The maximum atomic E-state index is 6.34. The topological polar surface area (TPSA) is 29.3 Å². The van der Waals surface area contributed by atoms with Gasteiger partial charge in [0, 0.05) is 12.1 Å². The highest BCUT2D eigenvalue weighted by atomic mass is 15.2. The van der Waals surface area contributed by atoms with Crippen LogP contribution in [0.3, 0.4) is 0 Å². The van der Waals surface area contributed by atoms with E-state index in [4.69, 9.17) is 5.73 Å². The van der Waals surface area contributed by atoms with Gasteiger partial charge in [-0.2, -0.15) is 0 Å². The van der Waals surface area contributed by atoms with Crippen molar-refractivity contribution in [1.82, 2.24) is 4.90 Å². The highest BCUT2D eigenvalue weighted by Gasteiger charge is 2.37. The number of nitrogens with two attached hydrogens (primary N) is 1. The molecule has 1 heterocycles. The van der Waals surface area contributed by atoms with Crippen molar-refractivity contribution < 1.29 is 0 Å². The van der Waals surface area contributed by atoms with Crippen LogP contribution in [0.1, 0.15) is 79.6 Å². The first-order chi connectivity index (χ1) is 9.93. The lowest BCUT2D eigenvalue weighted by Crippen LogP contribution is -2.55. The van der Waals surface area contributed by atoms with Crippen molar-refractivity contribution in [3.05, 3.63) is 0 Å². The summed E-state index contributed by atoms with van der Waals surface area (Å²) < 4.78 is 0. The Balaban J connectivity index is 2.81. The third-order valence-corrected chi connectivity index (χ3v) is 5.17. The summed E-state index contributed by atoms with van der Waals surface area (Å²) in [4.78, 5) is 2.78. The van der Waals surface area contributed by atoms with Gasteiger partial charge in [-0.05, 0) is 62.9 Å². The highest BCUT2D eigenvalue weighted by molar-refractivity contribution is 4.94. The fourth-order valence-corrected chi connectivity index (χ4v) is 4.49. The van der Waals surface area contributed by atoms with Crippen LogP contribution in [-0.2, 0) is 0 Å². The van der Waals surface area contributed by atoms with Gasteiger partial charge in [0.15, 0.2) is 0 Å². The first kappa shape index (κ1) is 19.0. The lowest BCUT2D eigenvalue weighted by molar-refractivity contribution is 0.0552. The molecule has 2 N–H and O–H groups in total. The minimum Gasteiger partial charge on any atom is -0.329 e. The van der Waals surface area contributed by atoms with Crippen LogP contribution in [0.25, 0.3) is 0 Å². The highest BCUT2D eigenvalue weighted by Crippen LogP contribution is 2.34. The van der Waals surface area contributed by atoms with Gasteiger partial charge in [-0.3, -0.25) is 4.90 Å². The van der Waals surface area contributed by atoms with E-state index in [1.54, 1.807) is 0 Å². The normalized spacial score (nSPS) is 22.0. The Kier molecular flexibility index (Phi) is 8.26. The molecule has 0 amide bonds. The SMILES string of the molecule is CCCC1CCCN(C(CN)(CC(C)C)CC(C)C)CC1. The average molecular weight is 297 g/mol. The Hall–Kier alpha value is -0.0800. The summed E-state index contributed by atoms with van der Waals surface area (Å²) in [6, 6.07) is 0. The Morgan fingerprint density at radius 3 is 2.14 bits per heavy atom. The van der Waals surface area contributed by atoms with Crippen molar-refractivity contribution in [2.75, 3.05) is 19.6 Å². The predicted octanol–water partition coefficient (Wildman–Crippen LogP) is 4.68. The predicted molar refractivity (Wildman–Crippen MR) is 94.5 cm³/mol. The molecule has 0 aromatic rings. The first-order valence-electron chi connectivity index (χ1n) is 9.38. The van der Waals surface area contributed by atoms with Crippen molar-refractivity contribution in [2.45, 2.75) is 85.1 Å². The molecule has 1 fully saturated rings. The standard InChI is InChI=1S/C19H40N2/c1-6-8-18-9-7-11-21(12-10-18)19(15-20,13-16(2)3)14-17(4)5/h16-18H,6-15,20H2,1-5H3. The summed E-state index contributed by atoms with van der Waals surface area (Å²) in [5.41, 5.74) is 6.58. The van der Waals surface area contributed by atoms with Crippen molar-refractivity contribution in [2.24, 2.45) is 23.5 Å². The Bertz CT molecular complexity index is 263. The second-order valence-corrected chi connectivity index (χ2v) is 8.20. The van der Waals surface area contributed by atoms with Crippen LogP contribution in [-0.4, -0.2) is 30.1 Å². The molecule has 2 nitrogen and oxygen atoms in total. The quantitative estimate of drug-likeness (QED) is 0.705. The number of nitrogens with zero attached hydrogens (tertiary/aromatic N) is 1. The number of likely N-dealkylation sites (tertiary alicyclic amines) is 1. The van der Waals surface area contributed by atoms with Crippen molar-refractivity contribution >= 4 is 0 Å². The number of hydrogen-bond acceptors (Lipinski definition) is 2. The van der Waals surface area contributed by atoms with Gasteiger partial charge in [-0.15, -0.1) is 0 Å². The molecule has 126 valence electrons. The zero-order valence-corrected chi connectivity index (χ0v) is 15.3. The van der Waals surface area contributed by atoms with E-state index in [9.17, 15) is 0 Å². The van der Waals surface area contributed by atoms with Gasteiger partial charge in [0.25, 0.3) is 0 Å². The molecule has 0 saturated carbocycles. The monoisotopic (exact) mass is 296 g/mol. The summed E-state index contributed by atoms with van der Waals surface area (Å²) in [5, 5.41) is 0. The van der Waals surface area contributed by atoms with Crippen molar-refractivity contribution in [3.63, 3.8) is 0 Å². The molecule has 2 heteroatoms. The molecule has 1 aliphatic heterocycles. The lowest BCUT2D eigenvalue weighted by Gasteiger charge is -2.45. The second-order valence-electron chi connectivity index (χ2n) is 8.20. The Morgan fingerprint density at radius 2 is 1.67 bits per heavy atom. The Labute approximate surface area is 133 Å². The molecule has 0 aromatic heterocycles. The van der Waals surface area contributed by atoms with Gasteiger partial charge in [0.1, 0.15) is 0 Å². The van der Waals surface area contributed by atoms with E-state index in [0.29, 0.717) is 0 Å². The summed E-state index contributed by atoms with van der Waals surface area (Å²) in [6.45, 7) is 15.1. The van der Waals surface area contributed by atoms with E-state index in [1.807, 2.05) is 0 Å². The molecule has 21 heavy (non-hydrogen) atoms. The van der Waals surface area contributed by atoms with Crippen LogP contribution in [0, 0.1) is 17.8 Å². The molecule has 1 unspecified atom stereocenters. The molecule has 0 bridgehead atoms. The van der Waals surface area contributed by atoms with Crippen LogP contribution in [0.4, 0.5) is 0 Å². The molecule has 1 rings (SSSR count). The molecule has 1 atom stereocenters.